The number of hydrogen-bond donors (Lipinski definition) is 0. The van der Waals surface area contributed by atoms with Crippen LogP contribution in [0.3, 0.4) is 0 Å². The van der Waals surface area contributed by atoms with E-state index in [-0.39, 0.29) is 11.9 Å². The summed E-state index contributed by atoms with van der Waals surface area (Å²) in [5.41, 5.74) is 0.433. The molecule has 0 aromatic heterocycles. The first-order valence-corrected chi connectivity index (χ1v) is 8.45. The highest BCUT2D eigenvalue weighted by Gasteiger charge is 2.40. The Balaban J connectivity index is 2.90. The lowest BCUT2D eigenvalue weighted by Crippen LogP contribution is -2.36. The van der Waals surface area contributed by atoms with E-state index in [1.165, 1.54) is 14.2 Å². The number of carbonyl (C=O) groups is 2. The van der Waals surface area contributed by atoms with Crippen LogP contribution in [0.25, 0.3) is 0 Å². The van der Waals surface area contributed by atoms with Gasteiger partial charge < -0.3 is 9.47 Å². The van der Waals surface area contributed by atoms with E-state index in [1.54, 1.807) is 6.92 Å². The highest BCUT2D eigenvalue weighted by molar-refractivity contribution is 6.33. The summed E-state index contributed by atoms with van der Waals surface area (Å²) in [6.07, 6.45) is 1.37. The van der Waals surface area contributed by atoms with E-state index in [0.717, 1.165) is 5.56 Å². The van der Waals surface area contributed by atoms with Crippen molar-refractivity contribution in [1.82, 2.24) is 0 Å². The SMILES string of the molecule is COC(=O)C(C)(Cl)CCC(C)(CC(C)c1ccccc1)C(=O)OC. The molecule has 5 heteroatoms. The maximum atomic E-state index is 12.4. The van der Waals surface area contributed by atoms with Crippen molar-refractivity contribution in [2.45, 2.75) is 50.8 Å². The fourth-order valence-corrected chi connectivity index (χ4v) is 3.11. The van der Waals surface area contributed by atoms with E-state index in [0.29, 0.717) is 19.3 Å². The molecule has 0 N–H and O–H groups in total. The average molecular weight is 355 g/mol. The van der Waals surface area contributed by atoms with Crippen molar-refractivity contribution in [3.63, 3.8) is 0 Å². The first kappa shape index (κ1) is 20.5. The van der Waals surface area contributed by atoms with Crippen LogP contribution in [0.15, 0.2) is 30.3 Å². The van der Waals surface area contributed by atoms with Crippen LogP contribution in [0.4, 0.5) is 0 Å². The molecule has 0 saturated carbocycles. The van der Waals surface area contributed by atoms with E-state index in [1.807, 2.05) is 37.3 Å². The van der Waals surface area contributed by atoms with Crippen LogP contribution in [-0.2, 0) is 19.1 Å². The molecule has 0 heterocycles. The molecule has 0 radical (unpaired) electrons. The van der Waals surface area contributed by atoms with Gasteiger partial charge in [0.15, 0.2) is 0 Å². The Kier molecular flexibility index (Phi) is 7.27. The topological polar surface area (TPSA) is 52.6 Å². The Hall–Kier alpha value is -1.55. The molecule has 24 heavy (non-hydrogen) atoms. The Morgan fingerprint density at radius 2 is 1.58 bits per heavy atom. The van der Waals surface area contributed by atoms with Gasteiger partial charge in [0.2, 0.25) is 0 Å². The summed E-state index contributed by atoms with van der Waals surface area (Å²) < 4.78 is 9.74. The number of halogens is 1. The predicted molar refractivity (Wildman–Crippen MR) is 95.1 cm³/mol. The second-order valence-corrected chi connectivity index (χ2v) is 7.59. The van der Waals surface area contributed by atoms with Crippen LogP contribution < -0.4 is 0 Å². The normalized spacial score (nSPS) is 17.2. The lowest BCUT2D eigenvalue weighted by atomic mass is 9.75. The Bertz CT molecular complexity index is 556. The zero-order valence-electron chi connectivity index (χ0n) is 15.1. The Labute approximate surface area is 149 Å². The van der Waals surface area contributed by atoms with Crippen molar-refractivity contribution in [3.8, 4) is 0 Å². The van der Waals surface area contributed by atoms with Crippen LogP contribution in [-0.4, -0.2) is 31.0 Å². The quantitative estimate of drug-likeness (QED) is 0.515. The van der Waals surface area contributed by atoms with Gasteiger partial charge in [0, 0.05) is 0 Å². The second kappa shape index (κ2) is 8.52. The number of esters is 2. The number of carbonyl (C=O) groups excluding carboxylic acids is 2. The Morgan fingerprint density at radius 1 is 1.04 bits per heavy atom. The van der Waals surface area contributed by atoms with Gasteiger partial charge in [-0.2, -0.15) is 0 Å². The molecule has 134 valence electrons. The fraction of sp³-hybridized carbons (Fsp3) is 0.579. The third kappa shape index (κ3) is 5.23. The summed E-state index contributed by atoms with van der Waals surface area (Å²) in [4.78, 5) is 23.0. The summed E-state index contributed by atoms with van der Waals surface area (Å²) in [7, 11) is 2.69. The molecule has 1 rings (SSSR count). The van der Waals surface area contributed by atoms with Crippen molar-refractivity contribution < 1.29 is 19.1 Å². The number of alkyl halides is 1. The summed E-state index contributed by atoms with van der Waals surface area (Å²) in [6.45, 7) is 5.55. The standard InChI is InChI=1S/C19H27ClO4/c1-14(15-9-7-6-8-10-15)13-18(2,16(21)23-4)11-12-19(3,20)17(22)24-5/h6-10,14H,11-13H2,1-5H3. The first-order chi connectivity index (χ1) is 11.2. The third-order valence-corrected chi connectivity index (χ3v) is 4.90. The van der Waals surface area contributed by atoms with Gasteiger partial charge in [0.05, 0.1) is 19.6 Å². The van der Waals surface area contributed by atoms with Gasteiger partial charge in [-0.05, 0) is 44.6 Å². The lowest BCUT2D eigenvalue weighted by molar-refractivity contribution is -0.154. The minimum absolute atomic E-state index is 0.176. The molecule has 0 amide bonds. The summed E-state index contributed by atoms with van der Waals surface area (Å²) in [6, 6.07) is 10.0. The zero-order chi connectivity index (χ0) is 18.4. The highest BCUT2D eigenvalue weighted by atomic mass is 35.5. The van der Waals surface area contributed by atoms with E-state index in [4.69, 9.17) is 21.1 Å². The van der Waals surface area contributed by atoms with Crippen LogP contribution in [0.5, 0.6) is 0 Å². The van der Waals surface area contributed by atoms with E-state index >= 15 is 0 Å². The Morgan fingerprint density at radius 3 is 2.08 bits per heavy atom. The van der Waals surface area contributed by atoms with Crippen molar-refractivity contribution in [2.75, 3.05) is 14.2 Å². The van der Waals surface area contributed by atoms with E-state index in [9.17, 15) is 9.59 Å². The number of rotatable bonds is 8. The molecule has 3 unspecified atom stereocenters. The minimum atomic E-state index is -1.15. The molecule has 1 aromatic rings. The molecule has 3 atom stereocenters. The summed E-state index contributed by atoms with van der Waals surface area (Å²) >= 11 is 6.27. The molecule has 0 bridgehead atoms. The molecule has 0 aliphatic rings. The van der Waals surface area contributed by atoms with Gasteiger partial charge in [-0.15, -0.1) is 11.6 Å². The molecular weight excluding hydrogens is 328 g/mol. The van der Waals surface area contributed by atoms with Crippen molar-refractivity contribution in [2.24, 2.45) is 5.41 Å². The lowest BCUT2D eigenvalue weighted by Gasteiger charge is -2.32. The maximum Gasteiger partial charge on any atom is 0.326 e. The van der Waals surface area contributed by atoms with Crippen LogP contribution >= 0.6 is 11.6 Å². The summed E-state index contributed by atoms with van der Waals surface area (Å²) in [5.74, 6) is -0.606. The average Bonchev–Trinajstić information content (AvgIpc) is 2.59. The zero-order valence-corrected chi connectivity index (χ0v) is 15.9. The van der Waals surface area contributed by atoms with Gasteiger partial charge in [-0.25, -0.2) is 0 Å². The van der Waals surface area contributed by atoms with Crippen LogP contribution in [0.2, 0.25) is 0 Å². The van der Waals surface area contributed by atoms with Gasteiger partial charge in [0.25, 0.3) is 0 Å². The molecule has 4 nitrogen and oxygen atoms in total. The van der Waals surface area contributed by atoms with Gasteiger partial charge in [-0.1, -0.05) is 37.3 Å². The number of benzene rings is 1. The third-order valence-electron chi connectivity index (χ3n) is 4.56. The second-order valence-electron chi connectivity index (χ2n) is 6.76. The van der Waals surface area contributed by atoms with Gasteiger partial charge in [-0.3, -0.25) is 9.59 Å². The van der Waals surface area contributed by atoms with Gasteiger partial charge in [0.1, 0.15) is 4.87 Å². The maximum absolute atomic E-state index is 12.4. The number of hydrogen-bond acceptors (Lipinski definition) is 4. The van der Waals surface area contributed by atoms with E-state index < -0.39 is 16.3 Å². The van der Waals surface area contributed by atoms with Crippen molar-refractivity contribution in [1.29, 1.82) is 0 Å². The van der Waals surface area contributed by atoms with Gasteiger partial charge >= 0.3 is 11.9 Å². The molecule has 0 spiro atoms. The minimum Gasteiger partial charge on any atom is -0.469 e. The molecule has 0 aliphatic carbocycles. The smallest absolute Gasteiger partial charge is 0.326 e. The molecular formula is C19H27ClO4. The summed E-state index contributed by atoms with van der Waals surface area (Å²) in [5, 5.41) is 0. The largest absolute Gasteiger partial charge is 0.469 e. The molecule has 0 aliphatic heterocycles. The predicted octanol–water partition coefficient (Wildman–Crippen LogP) is 4.31. The van der Waals surface area contributed by atoms with Crippen molar-refractivity contribution in [3.05, 3.63) is 35.9 Å². The fourth-order valence-electron chi connectivity index (χ4n) is 2.93. The molecule has 0 fully saturated rings. The molecule has 1 aromatic carbocycles. The number of ether oxygens (including phenoxy) is 2. The monoisotopic (exact) mass is 354 g/mol. The van der Waals surface area contributed by atoms with E-state index in [2.05, 4.69) is 6.92 Å². The first-order valence-electron chi connectivity index (χ1n) is 8.07. The number of methoxy groups -OCH3 is 2. The van der Waals surface area contributed by atoms with Crippen molar-refractivity contribution >= 4 is 23.5 Å². The molecule has 0 saturated heterocycles. The van der Waals surface area contributed by atoms with Crippen LogP contribution in [0.1, 0.15) is 51.5 Å². The van der Waals surface area contributed by atoms with Crippen LogP contribution in [0, 0.1) is 5.41 Å². The highest BCUT2D eigenvalue weighted by Crippen LogP contribution is 2.39.